The first kappa shape index (κ1) is 19.2. The highest BCUT2D eigenvalue weighted by Gasteiger charge is 2.25. The van der Waals surface area contributed by atoms with Gasteiger partial charge in [0, 0.05) is 26.6 Å². The Morgan fingerprint density at radius 2 is 1.86 bits per heavy atom. The molecule has 0 unspecified atom stereocenters. The van der Waals surface area contributed by atoms with E-state index in [1.807, 2.05) is 6.92 Å². The molecule has 2 atom stereocenters. The zero-order valence-corrected chi connectivity index (χ0v) is 12.8. The van der Waals surface area contributed by atoms with E-state index >= 15 is 0 Å². The van der Waals surface area contributed by atoms with Crippen molar-refractivity contribution in [1.82, 2.24) is 16.0 Å². The van der Waals surface area contributed by atoms with Crippen LogP contribution in [0.1, 0.15) is 26.7 Å². The van der Waals surface area contributed by atoms with Crippen LogP contribution in [-0.4, -0.2) is 55.9 Å². The molecule has 0 aliphatic rings. The number of hydrogen-bond donors (Lipinski definition) is 4. The van der Waals surface area contributed by atoms with Crippen LogP contribution < -0.4 is 16.0 Å². The van der Waals surface area contributed by atoms with Gasteiger partial charge in [-0.25, -0.2) is 9.59 Å². The van der Waals surface area contributed by atoms with Gasteiger partial charge in [0.15, 0.2) is 0 Å². The lowest BCUT2D eigenvalue weighted by Crippen LogP contribution is -2.49. The number of amides is 3. The van der Waals surface area contributed by atoms with E-state index < -0.39 is 18.0 Å². The van der Waals surface area contributed by atoms with E-state index in [1.54, 1.807) is 6.92 Å². The summed E-state index contributed by atoms with van der Waals surface area (Å²) in [5.41, 5.74) is 0. The van der Waals surface area contributed by atoms with E-state index in [-0.39, 0.29) is 24.8 Å². The van der Waals surface area contributed by atoms with Crippen molar-refractivity contribution >= 4 is 17.9 Å². The number of rotatable bonds is 10. The summed E-state index contributed by atoms with van der Waals surface area (Å²) in [6.45, 7) is 4.58. The van der Waals surface area contributed by atoms with Gasteiger partial charge in [-0.1, -0.05) is 20.3 Å². The second kappa shape index (κ2) is 10.9. The smallest absolute Gasteiger partial charge is 0.326 e. The lowest BCUT2D eigenvalue weighted by atomic mass is 9.99. The van der Waals surface area contributed by atoms with Crippen molar-refractivity contribution in [2.45, 2.75) is 32.7 Å². The van der Waals surface area contributed by atoms with Gasteiger partial charge in [-0.05, 0) is 5.92 Å². The molecule has 0 saturated carbocycles. The second-order valence-electron chi connectivity index (χ2n) is 4.69. The lowest BCUT2D eigenvalue weighted by Gasteiger charge is -2.20. The average Bonchev–Trinajstić information content (AvgIpc) is 2.44. The molecule has 4 N–H and O–H groups in total. The summed E-state index contributed by atoms with van der Waals surface area (Å²) in [6, 6.07) is -1.53. The fourth-order valence-electron chi connectivity index (χ4n) is 1.55. The van der Waals surface area contributed by atoms with E-state index in [1.165, 1.54) is 7.11 Å². The number of hydrogen-bond acceptors (Lipinski definition) is 4. The molecule has 0 heterocycles. The van der Waals surface area contributed by atoms with Crippen molar-refractivity contribution in [1.29, 1.82) is 0 Å². The van der Waals surface area contributed by atoms with Crippen molar-refractivity contribution < 1.29 is 24.2 Å². The summed E-state index contributed by atoms with van der Waals surface area (Å²) in [6.07, 6.45) is 0.761. The first-order valence-corrected chi connectivity index (χ1v) is 6.95. The Morgan fingerprint density at radius 3 is 2.38 bits per heavy atom. The SMILES string of the molecule is CC[C@H](C)[C@H](NC(=O)NCCC(=O)NCCOC)C(=O)O. The van der Waals surface area contributed by atoms with Crippen LogP contribution in [0.3, 0.4) is 0 Å². The molecule has 8 nitrogen and oxygen atoms in total. The molecule has 0 bridgehead atoms. The van der Waals surface area contributed by atoms with Crippen molar-refractivity contribution in [2.24, 2.45) is 5.92 Å². The first-order valence-electron chi connectivity index (χ1n) is 6.95. The van der Waals surface area contributed by atoms with Gasteiger partial charge in [0.2, 0.25) is 5.91 Å². The molecule has 0 aliphatic carbocycles. The van der Waals surface area contributed by atoms with Crippen LogP contribution in [0.2, 0.25) is 0 Å². The van der Waals surface area contributed by atoms with Gasteiger partial charge >= 0.3 is 12.0 Å². The van der Waals surface area contributed by atoms with Crippen molar-refractivity contribution in [3.05, 3.63) is 0 Å². The van der Waals surface area contributed by atoms with Crippen LogP contribution in [-0.2, 0) is 14.3 Å². The monoisotopic (exact) mass is 303 g/mol. The maximum atomic E-state index is 11.6. The normalized spacial score (nSPS) is 13.1. The molecule has 0 aromatic rings. The number of aliphatic carboxylic acids is 1. The molecule has 21 heavy (non-hydrogen) atoms. The molecule has 0 rings (SSSR count). The largest absolute Gasteiger partial charge is 0.480 e. The fraction of sp³-hybridized carbons (Fsp3) is 0.769. The number of carbonyl (C=O) groups is 3. The summed E-state index contributed by atoms with van der Waals surface area (Å²) < 4.78 is 4.78. The Bertz CT molecular complexity index is 349. The maximum absolute atomic E-state index is 11.6. The van der Waals surface area contributed by atoms with Crippen molar-refractivity contribution in [3.8, 4) is 0 Å². The lowest BCUT2D eigenvalue weighted by molar-refractivity contribution is -0.140. The van der Waals surface area contributed by atoms with Crippen LogP contribution in [0, 0.1) is 5.92 Å². The molecule has 0 aromatic heterocycles. The standard InChI is InChI=1S/C13H25N3O5/c1-4-9(2)11(12(18)19)16-13(20)15-6-5-10(17)14-7-8-21-3/h9,11H,4-8H2,1-3H3,(H,14,17)(H,18,19)(H2,15,16,20)/t9-,11-/m0/s1. The van der Waals surface area contributed by atoms with E-state index in [0.717, 1.165) is 0 Å². The van der Waals surface area contributed by atoms with Gasteiger partial charge in [0.1, 0.15) is 6.04 Å². The zero-order valence-electron chi connectivity index (χ0n) is 12.8. The van der Waals surface area contributed by atoms with Gasteiger partial charge in [0.05, 0.1) is 6.61 Å². The van der Waals surface area contributed by atoms with Crippen LogP contribution in [0.15, 0.2) is 0 Å². The fourth-order valence-corrected chi connectivity index (χ4v) is 1.55. The van der Waals surface area contributed by atoms with Crippen LogP contribution in [0.5, 0.6) is 0 Å². The van der Waals surface area contributed by atoms with Crippen LogP contribution in [0.25, 0.3) is 0 Å². The average molecular weight is 303 g/mol. The predicted molar refractivity (Wildman–Crippen MR) is 76.9 cm³/mol. The zero-order chi connectivity index (χ0) is 16.3. The predicted octanol–water partition coefficient (Wildman–Crippen LogP) is -0.0624. The number of carboxylic acids is 1. The third-order valence-corrected chi connectivity index (χ3v) is 3.03. The molecule has 122 valence electrons. The second-order valence-corrected chi connectivity index (χ2v) is 4.69. The van der Waals surface area contributed by atoms with E-state index in [2.05, 4.69) is 16.0 Å². The first-order chi connectivity index (χ1) is 9.92. The third kappa shape index (κ3) is 8.85. The number of methoxy groups -OCH3 is 1. The Morgan fingerprint density at radius 1 is 1.19 bits per heavy atom. The Balaban J connectivity index is 3.98. The summed E-state index contributed by atoms with van der Waals surface area (Å²) in [7, 11) is 1.54. The molecule has 0 radical (unpaired) electrons. The highest BCUT2D eigenvalue weighted by Crippen LogP contribution is 2.07. The van der Waals surface area contributed by atoms with Crippen molar-refractivity contribution in [2.75, 3.05) is 26.8 Å². The minimum absolute atomic E-state index is 0.123. The van der Waals surface area contributed by atoms with E-state index in [4.69, 9.17) is 9.84 Å². The minimum atomic E-state index is -1.07. The molecule has 0 fully saturated rings. The molecule has 3 amide bonds. The van der Waals surface area contributed by atoms with Crippen molar-refractivity contribution in [3.63, 3.8) is 0 Å². The maximum Gasteiger partial charge on any atom is 0.326 e. The molecule has 0 spiro atoms. The number of urea groups is 1. The summed E-state index contributed by atoms with van der Waals surface area (Å²) in [4.78, 5) is 34.0. The topological polar surface area (TPSA) is 117 Å². The highest BCUT2D eigenvalue weighted by molar-refractivity contribution is 5.83. The summed E-state index contributed by atoms with van der Waals surface area (Å²) in [5, 5.41) is 16.5. The summed E-state index contributed by atoms with van der Waals surface area (Å²) >= 11 is 0. The van der Waals surface area contributed by atoms with Gasteiger partial charge in [0.25, 0.3) is 0 Å². The molecule has 0 aromatic carbocycles. The van der Waals surface area contributed by atoms with Gasteiger partial charge < -0.3 is 25.8 Å². The number of nitrogens with one attached hydrogen (secondary N) is 3. The number of ether oxygens (including phenoxy) is 1. The van der Waals surface area contributed by atoms with Crippen LogP contribution in [0.4, 0.5) is 4.79 Å². The minimum Gasteiger partial charge on any atom is -0.480 e. The van der Waals surface area contributed by atoms with E-state index in [9.17, 15) is 14.4 Å². The Hall–Kier alpha value is -1.83. The molecular weight excluding hydrogens is 278 g/mol. The molecule has 0 aliphatic heterocycles. The highest BCUT2D eigenvalue weighted by atomic mass is 16.5. The number of carbonyl (C=O) groups excluding carboxylic acids is 2. The summed E-state index contributed by atoms with van der Waals surface area (Å²) in [5.74, 6) is -1.45. The Kier molecular flexibility index (Phi) is 9.95. The third-order valence-electron chi connectivity index (χ3n) is 3.03. The Labute approximate surface area is 124 Å². The van der Waals surface area contributed by atoms with E-state index in [0.29, 0.717) is 19.6 Å². The quantitative estimate of drug-likeness (QED) is 0.422. The number of carboxylic acid groups (broad SMARTS) is 1. The molecule has 8 heteroatoms. The molecule has 0 saturated heterocycles. The molecular formula is C13H25N3O5. The van der Waals surface area contributed by atoms with Crippen LogP contribution >= 0.6 is 0 Å². The van der Waals surface area contributed by atoms with Gasteiger partial charge in [-0.15, -0.1) is 0 Å². The van der Waals surface area contributed by atoms with Gasteiger partial charge in [-0.3, -0.25) is 4.79 Å². The van der Waals surface area contributed by atoms with Gasteiger partial charge in [-0.2, -0.15) is 0 Å².